The summed E-state index contributed by atoms with van der Waals surface area (Å²) in [6.07, 6.45) is 5.32. The molecule has 0 spiro atoms. The van der Waals surface area contributed by atoms with Crippen molar-refractivity contribution in [1.29, 1.82) is 0 Å². The quantitative estimate of drug-likeness (QED) is 0.578. The molecule has 1 amide bonds. The molecular weight excluding hydrogens is 418 g/mol. The number of phenolic OH excluding ortho intramolecular Hbond substituents is 2. The van der Waals surface area contributed by atoms with E-state index in [1.54, 1.807) is 11.9 Å². The first-order valence-electron chi connectivity index (χ1n) is 10.4. The second kappa shape index (κ2) is 7.55. The number of fused-ring (bicyclic) bond motifs is 1. The lowest BCUT2D eigenvalue weighted by atomic mass is 9.46. The van der Waals surface area contributed by atoms with E-state index in [1.807, 2.05) is 0 Å². The van der Waals surface area contributed by atoms with Crippen LogP contribution in [0.1, 0.15) is 59.8 Å². The molecular formula is C23H34BrNO3. The summed E-state index contributed by atoms with van der Waals surface area (Å²) in [5, 5.41) is 19.5. The SMILES string of the molecule is C[C@H]1[C@H](Br)CC2C(C)(C)CCC[C@]2(C)[C@H]1CC(=O)N(C)c1cc(O)cc(O)c1. The number of benzene rings is 1. The molecule has 1 unspecified atom stereocenters. The molecule has 28 heavy (non-hydrogen) atoms. The molecule has 2 aliphatic rings. The van der Waals surface area contributed by atoms with Gasteiger partial charge in [0.25, 0.3) is 0 Å². The van der Waals surface area contributed by atoms with E-state index in [0.29, 0.717) is 40.1 Å². The van der Waals surface area contributed by atoms with Gasteiger partial charge in [-0.3, -0.25) is 4.79 Å². The number of anilines is 1. The highest BCUT2D eigenvalue weighted by Crippen LogP contribution is 2.62. The van der Waals surface area contributed by atoms with E-state index in [1.165, 1.54) is 43.9 Å². The molecule has 0 heterocycles. The average molecular weight is 452 g/mol. The van der Waals surface area contributed by atoms with E-state index in [4.69, 9.17) is 0 Å². The summed E-state index contributed by atoms with van der Waals surface area (Å²) in [5.41, 5.74) is 0.971. The Morgan fingerprint density at radius 3 is 2.39 bits per heavy atom. The number of aromatic hydroxyl groups is 2. The van der Waals surface area contributed by atoms with Crippen molar-refractivity contribution < 1.29 is 15.0 Å². The number of amides is 1. The molecule has 0 saturated heterocycles. The number of hydrogen-bond acceptors (Lipinski definition) is 3. The van der Waals surface area contributed by atoms with Gasteiger partial charge < -0.3 is 15.1 Å². The van der Waals surface area contributed by atoms with Crippen LogP contribution in [0, 0.1) is 28.6 Å². The van der Waals surface area contributed by atoms with Gasteiger partial charge in [-0.1, -0.05) is 50.0 Å². The van der Waals surface area contributed by atoms with Crippen molar-refractivity contribution in [2.45, 2.75) is 64.6 Å². The Bertz CT molecular complexity index is 729. The van der Waals surface area contributed by atoms with Gasteiger partial charge in [0.15, 0.2) is 0 Å². The van der Waals surface area contributed by atoms with Gasteiger partial charge in [-0.05, 0) is 47.8 Å². The molecule has 156 valence electrons. The molecule has 2 fully saturated rings. The number of carbonyl (C=O) groups is 1. The van der Waals surface area contributed by atoms with Crippen LogP contribution >= 0.6 is 15.9 Å². The molecule has 5 heteroatoms. The van der Waals surface area contributed by atoms with Gasteiger partial charge in [-0.15, -0.1) is 0 Å². The van der Waals surface area contributed by atoms with Crippen molar-refractivity contribution in [3.8, 4) is 11.5 Å². The predicted molar refractivity (Wildman–Crippen MR) is 117 cm³/mol. The Morgan fingerprint density at radius 1 is 1.18 bits per heavy atom. The van der Waals surface area contributed by atoms with Crippen LogP contribution < -0.4 is 4.90 Å². The topological polar surface area (TPSA) is 60.8 Å². The summed E-state index contributed by atoms with van der Waals surface area (Å²) in [7, 11) is 1.72. The standard InChI is InChI=1S/C23H34BrNO3/c1-14-18(12-21(28)25(5)15-9-16(26)11-17(27)10-15)23(4)8-6-7-22(2,3)20(23)13-19(14)24/h9-11,14,18-20,26-27H,6-8,12-13H2,1-5H3/t14-,18+,19-,20?,23-/m1/s1. The highest BCUT2D eigenvalue weighted by atomic mass is 79.9. The van der Waals surface area contributed by atoms with Crippen LogP contribution in [0.15, 0.2) is 18.2 Å². The third-order valence-corrected chi connectivity index (χ3v) is 9.04. The van der Waals surface area contributed by atoms with Crippen LogP contribution in [0.5, 0.6) is 11.5 Å². The smallest absolute Gasteiger partial charge is 0.227 e. The fraction of sp³-hybridized carbons (Fsp3) is 0.696. The summed E-state index contributed by atoms with van der Waals surface area (Å²) in [5.74, 6) is 1.28. The maximum atomic E-state index is 13.2. The summed E-state index contributed by atoms with van der Waals surface area (Å²) < 4.78 is 0. The maximum Gasteiger partial charge on any atom is 0.227 e. The van der Waals surface area contributed by atoms with Gasteiger partial charge in [-0.2, -0.15) is 0 Å². The third kappa shape index (κ3) is 3.79. The zero-order valence-electron chi connectivity index (χ0n) is 17.7. The largest absolute Gasteiger partial charge is 0.508 e. The maximum absolute atomic E-state index is 13.2. The third-order valence-electron chi connectivity index (χ3n) is 7.83. The van der Waals surface area contributed by atoms with Crippen molar-refractivity contribution >= 4 is 27.5 Å². The molecule has 3 rings (SSSR count). The van der Waals surface area contributed by atoms with E-state index < -0.39 is 0 Å². The molecule has 4 nitrogen and oxygen atoms in total. The lowest BCUT2D eigenvalue weighted by Gasteiger charge is -2.60. The van der Waals surface area contributed by atoms with Gasteiger partial charge in [0, 0.05) is 36.5 Å². The number of halogens is 1. The number of carbonyl (C=O) groups excluding carboxylic acids is 1. The van der Waals surface area contributed by atoms with Crippen molar-refractivity contribution in [3.05, 3.63) is 18.2 Å². The van der Waals surface area contributed by atoms with E-state index >= 15 is 0 Å². The second-order valence-corrected chi connectivity index (χ2v) is 11.2. The van der Waals surface area contributed by atoms with E-state index in [2.05, 4.69) is 43.6 Å². The van der Waals surface area contributed by atoms with Crippen molar-refractivity contribution in [2.75, 3.05) is 11.9 Å². The van der Waals surface area contributed by atoms with Crippen molar-refractivity contribution in [1.82, 2.24) is 0 Å². The highest BCUT2D eigenvalue weighted by molar-refractivity contribution is 9.09. The minimum absolute atomic E-state index is 0.0341. The molecule has 5 atom stereocenters. The number of alkyl halides is 1. The van der Waals surface area contributed by atoms with Gasteiger partial charge in [0.1, 0.15) is 11.5 Å². The van der Waals surface area contributed by atoms with Crippen molar-refractivity contribution in [2.24, 2.45) is 28.6 Å². The van der Waals surface area contributed by atoms with Crippen LogP contribution in [0.25, 0.3) is 0 Å². The van der Waals surface area contributed by atoms with E-state index in [0.717, 1.165) is 0 Å². The number of hydrogen-bond donors (Lipinski definition) is 2. The summed E-state index contributed by atoms with van der Waals surface area (Å²) in [4.78, 5) is 15.2. The Labute approximate surface area is 177 Å². The minimum Gasteiger partial charge on any atom is -0.508 e. The number of nitrogens with zero attached hydrogens (tertiary/aromatic N) is 1. The first-order chi connectivity index (χ1) is 13.0. The zero-order chi connectivity index (χ0) is 20.9. The molecule has 0 aromatic heterocycles. The van der Waals surface area contributed by atoms with Crippen LogP contribution in [0.4, 0.5) is 5.69 Å². The summed E-state index contributed by atoms with van der Waals surface area (Å²) >= 11 is 3.93. The molecule has 1 aromatic rings. The number of phenols is 2. The Balaban J connectivity index is 1.87. The Kier molecular flexibility index (Phi) is 5.79. The first-order valence-corrected chi connectivity index (χ1v) is 11.3. The van der Waals surface area contributed by atoms with Crippen LogP contribution in [0.3, 0.4) is 0 Å². The fourth-order valence-electron chi connectivity index (χ4n) is 6.15. The molecule has 0 aliphatic heterocycles. The second-order valence-electron chi connectivity index (χ2n) is 9.98. The van der Waals surface area contributed by atoms with Crippen LogP contribution in [0.2, 0.25) is 0 Å². The highest BCUT2D eigenvalue weighted by Gasteiger charge is 2.56. The van der Waals surface area contributed by atoms with Crippen molar-refractivity contribution in [3.63, 3.8) is 0 Å². The number of rotatable bonds is 3. The molecule has 0 radical (unpaired) electrons. The van der Waals surface area contributed by atoms with Gasteiger partial charge in [0.2, 0.25) is 5.91 Å². The van der Waals surface area contributed by atoms with E-state index in [-0.39, 0.29) is 22.8 Å². The normalized spacial score (nSPS) is 34.5. The van der Waals surface area contributed by atoms with Gasteiger partial charge in [-0.25, -0.2) is 0 Å². The minimum atomic E-state index is -0.0396. The average Bonchev–Trinajstić information content (AvgIpc) is 2.59. The lowest BCUT2D eigenvalue weighted by molar-refractivity contribution is -0.128. The predicted octanol–water partition coefficient (Wildman–Crippen LogP) is 5.70. The summed E-state index contributed by atoms with van der Waals surface area (Å²) in [6, 6.07) is 4.31. The summed E-state index contributed by atoms with van der Waals surface area (Å²) in [6.45, 7) is 9.48. The molecule has 2 aliphatic carbocycles. The van der Waals surface area contributed by atoms with Crippen LogP contribution in [-0.4, -0.2) is 28.0 Å². The zero-order valence-corrected chi connectivity index (χ0v) is 19.3. The molecule has 0 bridgehead atoms. The molecule has 2 saturated carbocycles. The Morgan fingerprint density at radius 2 is 1.79 bits per heavy atom. The van der Waals surface area contributed by atoms with Gasteiger partial charge in [0.05, 0.1) is 5.69 Å². The first kappa shape index (κ1) is 21.5. The Hall–Kier alpha value is -1.23. The monoisotopic (exact) mass is 451 g/mol. The fourth-order valence-corrected chi connectivity index (χ4v) is 6.89. The molecule has 1 aromatic carbocycles. The molecule has 2 N–H and O–H groups in total. The van der Waals surface area contributed by atoms with Gasteiger partial charge >= 0.3 is 0 Å². The van der Waals surface area contributed by atoms with Crippen LogP contribution in [-0.2, 0) is 4.79 Å². The van der Waals surface area contributed by atoms with E-state index in [9.17, 15) is 15.0 Å². The lowest BCUT2D eigenvalue weighted by Crippen LogP contribution is -2.55.